The summed E-state index contributed by atoms with van der Waals surface area (Å²) in [5.74, 6) is 0.386. The molecule has 1 unspecified atom stereocenters. The van der Waals surface area contributed by atoms with E-state index in [9.17, 15) is 8.42 Å². The van der Waals surface area contributed by atoms with Crippen LogP contribution in [0.1, 0.15) is 12.8 Å². The summed E-state index contributed by atoms with van der Waals surface area (Å²) in [6.07, 6.45) is 1.95. The van der Waals surface area contributed by atoms with Crippen molar-refractivity contribution in [3.63, 3.8) is 0 Å². The molecule has 90 valence electrons. The monoisotopic (exact) mass is 236 g/mol. The molecule has 0 amide bonds. The Morgan fingerprint density at radius 3 is 2.87 bits per heavy atom. The third-order valence-electron chi connectivity index (χ3n) is 2.75. The summed E-state index contributed by atoms with van der Waals surface area (Å²) < 4.78 is 30.0. The molecule has 0 radical (unpaired) electrons. The van der Waals surface area contributed by atoms with Gasteiger partial charge in [-0.3, -0.25) is 0 Å². The molecule has 0 bridgehead atoms. The van der Waals surface area contributed by atoms with Gasteiger partial charge in [-0.05, 0) is 25.3 Å². The first-order chi connectivity index (χ1) is 7.10. The molecule has 1 rings (SSSR count). The van der Waals surface area contributed by atoms with E-state index in [4.69, 9.17) is 10.5 Å². The van der Waals surface area contributed by atoms with E-state index in [1.165, 1.54) is 7.11 Å². The highest BCUT2D eigenvalue weighted by Gasteiger charge is 2.27. The van der Waals surface area contributed by atoms with E-state index in [1.807, 2.05) is 0 Å². The SMILES string of the molecule is COCCS(=O)(=O)N1CCCC(CN)C1. The van der Waals surface area contributed by atoms with Gasteiger partial charge in [0.25, 0.3) is 0 Å². The van der Waals surface area contributed by atoms with Crippen LogP contribution in [0, 0.1) is 5.92 Å². The van der Waals surface area contributed by atoms with Crippen molar-refractivity contribution >= 4 is 10.0 Å². The second kappa shape index (κ2) is 5.79. The zero-order valence-corrected chi connectivity index (χ0v) is 10.0. The molecule has 0 aliphatic carbocycles. The number of piperidine rings is 1. The molecular weight excluding hydrogens is 216 g/mol. The number of nitrogens with two attached hydrogens (primary N) is 1. The van der Waals surface area contributed by atoms with Crippen molar-refractivity contribution in [2.75, 3.05) is 39.1 Å². The maximum atomic E-state index is 11.8. The predicted molar refractivity (Wildman–Crippen MR) is 59.0 cm³/mol. The zero-order chi connectivity index (χ0) is 11.3. The quantitative estimate of drug-likeness (QED) is 0.707. The zero-order valence-electron chi connectivity index (χ0n) is 9.18. The average molecular weight is 236 g/mol. The minimum atomic E-state index is -3.14. The molecule has 15 heavy (non-hydrogen) atoms. The van der Waals surface area contributed by atoms with Crippen LogP contribution in [0.25, 0.3) is 0 Å². The topological polar surface area (TPSA) is 72.6 Å². The van der Waals surface area contributed by atoms with Gasteiger partial charge < -0.3 is 10.5 Å². The number of sulfonamides is 1. The highest BCUT2D eigenvalue weighted by Crippen LogP contribution is 2.18. The van der Waals surface area contributed by atoms with Gasteiger partial charge >= 0.3 is 0 Å². The largest absolute Gasteiger partial charge is 0.384 e. The second-order valence-corrected chi connectivity index (χ2v) is 6.00. The first-order valence-corrected chi connectivity index (χ1v) is 6.88. The summed E-state index contributed by atoms with van der Waals surface area (Å²) in [5.41, 5.74) is 5.56. The second-order valence-electron chi connectivity index (χ2n) is 3.91. The fourth-order valence-electron chi connectivity index (χ4n) is 1.79. The van der Waals surface area contributed by atoms with Gasteiger partial charge in [-0.2, -0.15) is 0 Å². The Morgan fingerprint density at radius 2 is 2.27 bits per heavy atom. The summed E-state index contributed by atoms with van der Waals surface area (Å²) in [4.78, 5) is 0. The van der Waals surface area contributed by atoms with E-state index in [-0.39, 0.29) is 12.4 Å². The summed E-state index contributed by atoms with van der Waals surface area (Å²) in [7, 11) is -1.63. The molecule has 6 heteroatoms. The van der Waals surface area contributed by atoms with Crippen LogP contribution >= 0.6 is 0 Å². The summed E-state index contributed by atoms with van der Waals surface area (Å²) in [5, 5.41) is 0. The normalized spacial score (nSPS) is 24.3. The maximum Gasteiger partial charge on any atom is 0.216 e. The molecule has 1 aliphatic rings. The molecule has 1 heterocycles. The molecule has 0 aromatic heterocycles. The van der Waals surface area contributed by atoms with Crippen molar-refractivity contribution in [1.29, 1.82) is 0 Å². The van der Waals surface area contributed by atoms with Crippen molar-refractivity contribution in [2.24, 2.45) is 11.7 Å². The van der Waals surface area contributed by atoms with Crippen LogP contribution in [0.5, 0.6) is 0 Å². The summed E-state index contributed by atoms with van der Waals surface area (Å²) in [6.45, 7) is 2.02. The summed E-state index contributed by atoms with van der Waals surface area (Å²) >= 11 is 0. The minimum Gasteiger partial charge on any atom is -0.384 e. The molecule has 0 aromatic carbocycles. The highest BCUT2D eigenvalue weighted by atomic mass is 32.2. The predicted octanol–water partition coefficient (Wildman–Crippen LogP) is -0.367. The van der Waals surface area contributed by atoms with Crippen LogP contribution in [0.3, 0.4) is 0 Å². The third kappa shape index (κ3) is 3.71. The Kier molecular flexibility index (Phi) is 4.98. The fraction of sp³-hybridized carbons (Fsp3) is 1.00. The van der Waals surface area contributed by atoms with Crippen molar-refractivity contribution in [1.82, 2.24) is 4.31 Å². The van der Waals surface area contributed by atoms with Crippen LogP contribution in [0.4, 0.5) is 0 Å². The van der Waals surface area contributed by atoms with Crippen LogP contribution < -0.4 is 5.73 Å². The van der Waals surface area contributed by atoms with Gasteiger partial charge in [0.15, 0.2) is 0 Å². The number of nitrogens with zero attached hydrogens (tertiary/aromatic N) is 1. The van der Waals surface area contributed by atoms with Crippen molar-refractivity contribution < 1.29 is 13.2 Å². The van der Waals surface area contributed by atoms with Gasteiger partial charge in [0.05, 0.1) is 12.4 Å². The lowest BCUT2D eigenvalue weighted by atomic mass is 10.0. The Balaban J connectivity index is 2.54. The van der Waals surface area contributed by atoms with Gasteiger partial charge in [-0.25, -0.2) is 12.7 Å². The first kappa shape index (κ1) is 12.9. The van der Waals surface area contributed by atoms with E-state index >= 15 is 0 Å². The Morgan fingerprint density at radius 1 is 1.53 bits per heavy atom. The van der Waals surface area contributed by atoms with E-state index in [0.717, 1.165) is 12.8 Å². The van der Waals surface area contributed by atoms with Crippen LogP contribution in [0.15, 0.2) is 0 Å². The van der Waals surface area contributed by atoms with E-state index in [0.29, 0.717) is 25.6 Å². The first-order valence-electron chi connectivity index (χ1n) is 5.27. The lowest BCUT2D eigenvalue weighted by Crippen LogP contribution is -2.43. The number of hydrogen-bond donors (Lipinski definition) is 1. The Hall–Kier alpha value is -0.170. The number of ether oxygens (including phenoxy) is 1. The van der Waals surface area contributed by atoms with Gasteiger partial charge in [0.2, 0.25) is 10.0 Å². The minimum absolute atomic E-state index is 0.0702. The molecule has 0 saturated carbocycles. The van der Waals surface area contributed by atoms with E-state index < -0.39 is 10.0 Å². The molecule has 5 nitrogen and oxygen atoms in total. The fourth-order valence-corrected chi connectivity index (χ4v) is 3.27. The molecule has 1 aliphatic heterocycles. The van der Waals surface area contributed by atoms with Gasteiger partial charge in [0, 0.05) is 20.2 Å². The van der Waals surface area contributed by atoms with Crippen molar-refractivity contribution in [3.8, 4) is 0 Å². The van der Waals surface area contributed by atoms with E-state index in [2.05, 4.69) is 0 Å². The Labute approximate surface area is 91.6 Å². The molecule has 1 saturated heterocycles. The van der Waals surface area contributed by atoms with Crippen LogP contribution in [-0.2, 0) is 14.8 Å². The van der Waals surface area contributed by atoms with Crippen LogP contribution in [-0.4, -0.2) is 51.8 Å². The number of hydrogen-bond acceptors (Lipinski definition) is 4. The molecule has 0 aromatic rings. The van der Waals surface area contributed by atoms with Gasteiger partial charge in [-0.15, -0.1) is 0 Å². The lowest BCUT2D eigenvalue weighted by Gasteiger charge is -2.31. The van der Waals surface area contributed by atoms with Gasteiger partial charge in [0.1, 0.15) is 0 Å². The third-order valence-corrected chi connectivity index (χ3v) is 4.55. The average Bonchev–Trinajstić information content (AvgIpc) is 2.26. The standard InChI is InChI=1S/C9H20N2O3S/c1-14-5-6-15(12,13)11-4-2-3-9(7-10)8-11/h9H,2-8,10H2,1H3. The molecule has 1 atom stereocenters. The highest BCUT2D eigenvalue weighted by molar-refractivity contribution is 7.89. The molecule has 2 N–H and O–H groups in total. The molecule has 0 spiro atoms. The van der Waals surface area contributed by atoms with Gasteiger partial charge in [-0.1, -0.05) is 0 Å². The van der Waals surface area contributed by atoms with Crippen molar-refractivity contribution in [2.45, 2.75) is 12.8 Å². The Bertz CT molecular complexity index is 279. The van der Waals surface area contributed by atoms with Crippen molar-refractivity contribution in [3.05, 3.63) is 0 Å². The molecular formula is C9H20N2O3S. The maximum absolute atomic E-state index is 11.8. The van der Waals surface area contributed by atoms with E-state index in [1.54, 1.807) is 4.31 Å². The number of methoxy groups -OCH3 is 1. The summed E-state index contributed by atoms with van der Waals surface area (Å²) in [6, 6.07) is 0. The number of rotatable bonds is 5. The molecule has 1 fully saturated rings. The smallest absolute Gasteiger partial charge is 0.216 e. The lowest BCUT2D eigenvalue weighted by molar-refractivity contribution is 0.212. The van der Waals surface area contributed by atoms with Crippen LogP contribution in [0.2, 0.25) is 0 Å².